The van der Waals surface area contributed by atoms with E-state index < -0.39 is 0 Å². The van der Waals surface area contributed by atoms with E-state index in [2.05, 4.69) is 29.6 Å². The predicted molar refractivity (Wildman–Crippen MR) is 119 cm³/mol. The lowest BCUT2D eigenvalue weighted by atomic mass is 10.2. The van der Waals surface area contributed by atoms with Gasteiger partial charge in [-0.25, -0.2) is 0 Å². The Balaban J connectivity index is 1.40. The Labute approximate surface area is 173 Å². The van der Waals surface area contributed by atoms with E-state index in [1.54, 1.807) is 23.5 Å². The second-order valence-corrected chi connectivity index (χ2v) is 8.44. The van der Waals surface area contributed by atoms with E-state index in [1.807, 2.05) is 54.6 Å². The highest BCUT2D eigenvalue weighted by Gasteiger charge is 2.04. The standard InChI is InChI=1S/C22H20ClNOS2/c23-19-10-6-17(7-11-19)14-26-16-22(25)24-20-12-8-18(9-13-20)15-27-21-4-2-1-3-5-21/h1-13H,14-16H2,(H,24,25). The van der Waals surface area contributed by atoms with Crippen LogP contribution in [-0.4, -0.2) is 11.7 Å². The highest BCUT2D eigenvalue weighted by Crippen LogP contribution is 2.23. The average Bonchev–Trinajstić information content (AvgIpc) is 2.70. The first-order chi connectivity index (χ1) is 13.2. The molecular formula is C22H20ClNOS2. The van der Waals surface area contributed by atoms with Gasteiger partial charge in [0.25, 0.3) is 0 Å². The lowest BCUT2D eigenvalue weighted by Crippen LogP contribution is -2.14. The Bertz CT molecular complexity index is 852. The second kappa shape index (κ2) is 10.5. The third-order valence-corrected chi connectivity index (χ3v) is 6.14. The maximum atomic E-state index is 12.1. The van der Waals surface area contributed by atoms with Crippen molar-refractivity contribution in [1.82, 2.24) is 0 Å². The van der Waals surface area contributed by atoms with Crippen molar-refractivity contribution >= 4 is 46.7 Å². The molecule has 0 saturated carbocycles. The van der Waals surface area contributed by atoms with Crippen LogP contribution in [0.3, 0.4) is 0 Å². The highest BCUT2D eigenvalue weighted by molar-refractivity contribution is 7.99. The molecule has 0 spiro atoms. The molecule has 1 N–H and O–H groups in total. The molecular weight excluding hydrogens is 394 g/mol. The lowest BCUT2D eigenvalue weighted by Gasteiger charge is -2.07. The summed E-state index contributed by atoms with van der Waals surface area (Å²) in [5.41, 5.74) is 3.23. The molecule has 0 bridgehead atoms. The summed E-state index contributed by atoms with van der Waals surface area (Å²) < 4.78 is 0. The van der Waals surface area contributed by atoms with Crippen molar-refractivity contribution in [2.75, 3.05) is 11.1 Å². The minimum absolute atomic E-state index is 0.0142. The third kappa shape index (κ3) is 6.98. The molecule has 0 radical (unpaired) electrons. The molecule has 27 heavy (non-hydrogen) atoms. The third-order valence-electron chi connectivity index (χ3n) is 3.80. The molecule has 3 rings (SSSR count). The van der Waals surface area contributed by atoms with Gasteiger partial charge in [-0.05, 0) is 47.5 Å². The van der Waals surface area contributed by atoms with Crippen LogP contribution in [0, 0.1) is 0 Å². The number of halogens is 1. The number of rotatable bonds is 8. The molecule has 0 aromatic heterocycles. The van der Waals surface area contributed by atoms with Gasteiger partial charge in [0, 0.05) is 27.1 Å². The van der Waals surface area contributed by atoms with Crippen molar-refractivity contribution in [3.05, 3.63) is 95.0 Å². The average molecular weight is 414 g/mol. The summed E-state index contributed by atoms with van der Waals surface area (Å²) in [5, 5.41) is 3.68. The second-order valence-electron chi connectivity index (χ2n) is 5.97. The smallest absolute Gasteiger partial charge is 0.234 e. The van der Waals surface area contributed by atoms with Crippen LogP contribution < -0.4 is 5.32 Å². The molecule has 0 atom stereocenters. The van der Waals surface area contributed by atoms with Crippen LogP contribution in [0.25, 0.3) is 0 Å². The Morgan fingerprint density at radius 2 is 1.44 bits per heavy atom. The molecule has 0 heterocycles. The van der Waals surface area contributed by atoms with E-state index in [0.717, 1.165) is 27.8 Å². The zero-order valence-corrected chi connectivity index (χ0v) is 17.1. The summed E-state index contributed by atoms with van der Waals surface area (Å²) in [7, 11) is 0. The normalized spacial score (nSPS) is 10.6. The molecule has 1 amide bonds. The molecule has 5 heteroatoms. The Hall–Kier alpha value is -1.88. The number of nitrogens with one attached hydrogen (secondary N) is 1. The van der Waals surface area contributed by atoms with Crippen LogP contribution >= 0.6 is 35.1 Å². The van der Waals surface area contributed by atoms with Gasteiger partial charge in [0.15, 0.2) is 0 Å². The first kappa shape index (κ1) is 19.9. The highest BCUT2D eigenvalue weighted by atomic mass is 35.5. The first-order valence-electron chi connectivity index (χ1n) is 8.58. The van der Waals surface area contributed by atoms with Gasteiger partial charge in [0.05, 0.1) is 5.75 Å². The SMILES string of the molecule is O=C(CSCc1ccc(Cl)cc1)Nc1ccc(CSc2ccccc2)cc1. The van der Waals surface area contributed by atoms with Crippen molar-refractivity contribution < 1.29 is 4.79 Å². The monoisotopic (exact) mass is 413 g/mol. The number of carbonyl (C=O) groups is 1. The fourth-order valence-electron chi connectivity index (χ4n) is 2.41. The molecule has 0 fully saturated rings. The summed E-state index contributed by atoms with van der Waals surface area (Å²) in [6.07, 6.45) is 0. The molecule has 0 saturated heterocycles. The van der Waals surface area contributed by atoms with E-state index >= 15 is 0 Å². The van der Waals surface area contributed by atoms with Crippen molar-refractivity contribution in [1.29, 1.82) is 0 Å². The van der Waals surface area contributed by atoms with Crippen LogP contribution in [0.4, 0.5) is 5.69 Å². The number of benzene rings is 3. The zero-order valence-electron chi connectivity index (χ0n) is 14.7. The van der Waals surface area contributed by atoms with Gasteiger partial charge in [-0.1, -0.05) is 54.1 Å². The number of amides is 1. The molecule has 0 aliphatic carbocycles. The molecule has 0 aliphatic rings. The van der Waals surface area contributed by atoms with Crippen LogP contribution in [0.1, 0.15) is 11.1 Å². The van der Waals surface area contributed by atoms with Crippen LogP contribution in [0.2, 0.25) is 5.02 Å². The fraction of sp³-hybridized carbons (Fsp3) is 0.136. The topological polar surface area (TPSA) is 29.1 Å². The molecule has 138 valence electrons. The maximum Gasteiger partial charge on any atom is 0.234 e. The van der Waals surface area contributed by atoms with Gasteiger partial charge in [0.2, 0.25) is 5.91 Å². The summed E-state index contributed by atoms with van der Waals surface area (Å²) in [5.74, 6) is 2.14. The fourth-order valence-corrected chi connectivity index (χ4v) is 4.20. The summed E-state index contributed by atoms with van der Waals surface area (Å²) >= 11 is 9.27. The van der Waals surface area contributed by atoms with Gasteiger partial charge in [-0.2, -0.15) is 0 Å². The number of carbonyl (C=O) groups excluding carboxylic acids is 1. The first-order valence-corrected chi connectivity index (χ1v) is 11.1. The quantitative estimate of drug-likeness (QED) is 0.427. The summed E-state index contributed by atoms with van der Waals surface area (Å²) in [6.45, 7) is 0. The van der Waals surface area contributed by atoms with E-state index in [-0.39, 0.29) is 5.91 Å². The van der Waals surface area contributed by atoms with Gasteiger partial charge >= 0.3 is 0 Å². The van der Waals surface area contributed by atoms with Gasteiger partial charge in [-0.15, -0.1) is 23.5 Å². The van der Waals surface area contributed by atoms with Crippen LogP contribution in [0.15, 0.2) is 83.8 Å². The van der Waals surface area contributed by atoms with Crippen molar-refractivity contribution in [2.45, 2.75) is 16.4 Å². The molecule has 0 aliphatic heterocycles. The minimum Gasteiger partial charge on any atom is -0.325 e. The van der Waals surface area contributed by atoms with Crippen LogP contribution in [-0.2, 0) is 16.3 Å². The van der Waals surface area contributed by atoms with E-state index in [4.69, 9.17) is 11.6 Å². The van der Waals surface area contributed by atoms with Crippen molar-refractivity contribution in [2.24, 2.45) is 0 Å². The van der Waals surface area contributed by atoms with E-state index in [0.29, 0.717) is 5.75 Å². The molecule has 0 unspecified atom stereocenters. The molecule has 3 aromatic rings. The summed E-state index contributed by atoms with van der Waals surface area (Å²) in [4.78, 5) is 13.4. The largest absolute Gasteiger partial charge is 0.325 e. The Morgan fingerprint density at radius 3 is 2.15 bits per heavy atom. The Kier molecular flexibility index (Phi) is 7.69. The van der Waals surface area contributed by atoms with Crippen molar-refractivity contribution in [3.63, 3.8) is 0 Å². The molecule has 2 nitrogen and oxygen atoms in total. The number of thioether (sulfide) groups is 2. The maximum absolute atomic E-state index is 12.1. The predicted octanol–water partition coefficient (Wildman–Crippen LogP) is 6.50. The van der Waals surface area contributed by atoms with Crippen LogP contribution in [0.5, 0.6) is 0 Å². The van der Waals surface area contributed by atoms with Crippen molar-refractivity contribution in [3.8, 4) is 0 Å². The summed E-state index contributed by atoms with van der Waals surface area (Å²) in [6, 6.07) is 26.1. The minimum atomic E-state index is 0.0142. The number of anilines is 1. The zero-order chi connectivity index (χ0) is 18.9. The molecule has 3 aromatic carbocycles. The van der Waals surface area contributed by atoms with E-state index in [1.165, 1.54) is 10.5 Å². The van der Waals surface area contributed by atoms with E-state index in [9.17, 15) is 4.79 Å². The lowest BCUT2D eigenvalue weighted by molar-refractivity contribution is -0.113. The Morgan fingerprint density at radius 1 is 0.815 bits per heavy atom. The van der Waals surface area contributed by atoms with Gasteiger partial charge < -0.3 is 5.32 Å². The number of hydrogen-bond acceptors (Lipinski definition) is 3. The van der Waals surface area contributed by atoms with Gasteiger partial charge in [0.1, 0.15) is 0 Å². The number of hydrogen-bond donors (Lipinski definition) is 1. The van der Waals surface area contributed by atoms with Gasteiger partial charge in [-0.3, -0.25) is 4.79 Å².